The van der Waals surface area contributed by atoms with E-state index in [1.807, 2.05) is 0 Å². The van der Waals surface area contributed by atoms with E-state index >= 15 is 0 Å². The molecule has 0 saturated heterocycles. The van der Waals surface area contributed by atoms with Gasteiger partial charge in [-0.15, -0.1) is 5.10 Å². The van der Waals surface area contributed by atoms with Crippen molar-refractivity contribution >= 4 is 11.6 Å². The van der Waals surface area contributed by atoms with Crippen LogP contribution in [0.2, 0.25) is 0 Å². The average Bonchev–Trinajstić information content (AvgIpc) is 2.95. The van der Waals surface area contributed by atoms with Crippen molar-refractivity contribution in [1.82, 2.24) is 20.2 Å². The van der Waals surface area contributed by atoms with Crippen molar-refractivity contribution in [1.29, 1.82) is 0 Å². The number of aryl methyl sites for hydroxylation is 1. The first-order chi connectivity index (χ1) is 11.1. The Morgan fingerprint density at radius 1 is 1.35 bits per heavy atom. The van der Waals surface area contributed by atoms with Gasteiger partial charge in [-0.1, -0.05) is 0 Å². The van der Waals surface area contributed by atoms with E-state index in [-0.39, 0.29) is 24.6 Å². The number of amides is 1. The smallest absolute Gasteiger partial charge is 0.226 e. The van der Waals surface area contributed by atoms with Crippen molar-refractivity contribution in [2.45, 2.75) is 13.3 Å². The molecule has 0 aliphatic heterocycles. The largest absolute Gasteiger partial charge is 0.382 e. The van der Waals surface area contributed by atoms with Crippen LogP contribution in [0.3, 0.4) is 0 Å². The van der Waals surface area contributed by atoms with Gasteiger partial charge in [0.05, 0.1) is 26.2 Å². The fourth-order valence-electron chi connectivity index (χ4n) is 1.84. The van der Waals surface area contributed by atoms with Crippen molar-refractivity contribution in [3.05, 3.63) is 29.8 Å². The van der Waals surface area contributed by atoms with Crippen LogP contribution in [-0.2, 0) is 14.3 Å². The number of nitrogens with one attached hydrogen (secondary N) is 1. The Morgan fingerprint density at radius 3 is 2.87 bits per heavy atom. The first kappa shape index (κ1) is 17.0. The molecule has 2 rings (SSSR count). The summed E-state index contributed by atoms with van der Waals surface area (Å²) in [5.74, 6) is -0.270. The number of hydrogen-bond donors (Lipinski definition) is 1. The minimum Gasteiger partial charge on any atom is -0.382 e. The summed E-state index contributed by atoms with van der Waals surface area (Å²) < 4.78 is 25.2. The fourth-order valence-corrected chi connectivity index (χ4v) is 1.84. The lowest BCUT2D eigenvalue weighted by Gasteiger charge is -2.09. The summed E-state index contributed by atoms with van der Waals surface area (Å²) >= 11 is 0. The monoisotopic (exact) mass is 323 g/mol. The molecule has 8 nitrogen and oxygen atoms in total. The Kier molecular flexibility index (Phi) is 6.12. The molecule has 0 fully saturated rings. The van der Waals surface area contributed by atoms with Crippen molar-refractivity contribution < 1.29 is 18.7 Å². The molecule has 0 bridgehead atoms. The van der Waals surface area contributed by atoms with Gasteiger partial charge in [-0.05, 0) is 35.5 Å². The number of aromatic nitrogens is 4. The van der Waals surface area contributed by atoms with Gasteiger partial charge in [0, 0.05) is 12.8 Å². The van der Waals surface area contributed by atoms with Crippen LogP contribution in [-0.4, -0.2) is 53.0 Å². The predicted octanol–water partition coefficient (Wildman–Crippen LogP) is 1.10. The maximum absolute atomic E-state index is 13.9. The molecule has 9 heteroatoms. The lowest BCUT2D eigenvalue weighted by molar-refractivity contribution is -0.117. The van der Waals surface area contributed by atoms with Crippen molar-refractivity contribution in [2.75, 3.05) is 32.2 Å². The summed E-state index contributed by atoms with van der Waals surface area (Å²) in [5.41, 5.74) is 0.625. The molecule has 0 spiro atoms. The predicted molar refractivity (Wildman–Crippen MR) is 79.8 cm³/mol. The summed E-state index contributed by atoms with van der Waals surface area (Å²) in [4.78, 5) is 11.8. The number of rotatable bonds is 8. The topological polar surface area (TPSA) is 91.2 Å². The number of hydrogen-bond acceptors (Lipinski definition) is 6. The van der Waals surface area contributed by atoms with Gasteiger partial charge in [-0.2, -0.15) is 4.68 Å². The summed E-state index contributed by atoms with van der Waals surface area (Å²) in [5, 5.41) is 13.6. The molecule has 1 heterocycles. The standard InChI is InChI=1S/C14H18FN5O3/c1-10-17-18-19-20(10)13-9-11(3-4-12(13)15)16-14(21)5-6-23-8-7-22-2/h3-4,9H,5-8H2,1-2H3,(H,16,21). The number of carbonyl (C=O) groups is 1. The number of carbonyl (C=O) groups excluding carboxylic acids is 1. The molecular weight excluding hydrogens is 305 g/mol. The zero-order chi connectivity index (χ0) is 16.7. The van der Waals surface area contributed by atoms with Gasteiger partial charge in [0.2, 0.25) is 5.91 Å². The third-order valence-corrected chi connectivity index (χ3v) is 2.99. The van der Waals surface area contributed by atoms with Gasteiger partial charge in [-0.3, -0.25) is 4.79 Å². The van der Waals surface area contributed by atoms with E-state index in [1.165, 1.54) is 22.9 Å². The van der Waals surface area contributed by atoms with E-state index in [0.717, 1.165) is 0 Å². The van der Waals surface area contributed by atoms with E-state index in [0.29, 0.717) is 24.7 Å². The van der Waals surface area contributed by atoms with E-state index in [2.05, 4.69) is 20.8 Å². The number of benzene rings is 1. The highest BCUT2D eigenvalue weighted by molar-refractivity contribution is 5.91. The Hall–Kier alpha value is -2.39. The lowest BCUT2D eigenvalue weighted by atomic mass is 10.2. The molecule has 124 valence electrons. The first-order valence-electron chi connectivity index (χ1n) is 7.03. The molecule has 2 aromatic rings. The SMILES string of the molecule is COCCOCCC(=O)Nc1ccc(F)c(-n2nnnc2C)c1. The quantitative estimate of drug-likeness (QED) is 0.732. The first-order valence-corrected chi connectivity index (χ1v) is 7.03. The van der Waals surface area contributed by atoms with Crippen molar-refractivity contribution in [2.24, 2.45) is 0 Å². The molecule has 0 aliphatic rings. The third kappa shape index (κ3) is 4.80. The molecule has 1 aromatic carbocycles. The molecule has 0 atom stereocenters. The molecule has 1 amide bonds. The van der Waals surface area contributed by atoms with Crippen LogP contribution >= 0.6 is 0 Å². The summed E-state index contributed by atoms with van der Waals surface area (Å²) in [6.45, 7) is 2.86. The molecule has 0 radical (unpaired) electrons. The number of halogens is 1. The van der Waals surface area contributed by atoms with Gasteiger partial charge in [0.25, 0.3) is 0 Å². The number of tetrazole rings is 1. The van der Waals surface area contributed by atoms with Crippen LogP contribution < -0.4 is 5.32 Å². The Bertz CT molecular complexity index is 662. The molecule has 0 aliphatic carbocycles. The highest BCUT2D eigenvalue weighted by Crippen LogP contribution is 2.18. The minimum atomic E-state index is -0.485. The second kappa shape index (κ2) is 8.30. The molecule has 0 unspecified atom stereocenters. The number of nitrogens with zero attached hydrogens (tertiary/aromatic N) is 4. The lowest BCUT2D eigenvalue weighted by Crippen LogP contribution is -2.15. The number of ether oxygens (including phenoxy) is 2. The maximum atomic E-state index is 13.9. The van der Waals surface area contributed by atoms with Crippen LogP contribution in [0.5, 0.6) is 0 Å². The number of methoxy groups -OCH3 is 1. The van der Waals surface area contributed by atoms with Crippen LogP contribution in [0, 0.1) is 12.7 Å². The van der Waals surface area contributed by atoms with Gasteiger partial charge in [-0.25, -0.2) is 4.39 Å². The number of anilines is 1. The van der Waals surface area contributed by atoms with Crippen LogP contribution in [0.4, 0.5) is 10.1 Å². The fraction of sp³-hybridized carbons (Fsp3) is 0.429. The summed E-state index contributed by atoms with van der Waals surface area (Å²) in [6, 6.07) is 4.20. The van der Waals surface area contributed by atoms with Crippen molar-refractivity contribution in [3.8, 4) is 5.69 Å². The normalized spacial score (nSPS) is 10.7. The molecular formula is C14H18FN5O3. The molecule has 1 N–H and O–H groups in total. The van der Waals surface area contributed by atoms with Gasteiger partial charge in [0.1, 0.15) is 11.5 Å². The maximum Gasteiger partial charge on any atom is 0.226 e. The van der Waals surface area contributed by atoms with Gasteiger partial charge < -0.3 is 14.8 Å². The zero-order valence-electron chi connectivity index (χ0n) is 13.0. The van der Waals surface area contributed by atoms with Gasteiger partial charge in [0.15, 0.2) is 5.82 Å². The van der Waals surface area contributed by atoms with E-state index in [1.54, 1.807) is 14.0 Å². The van der Waals surface area contributed by atoms with Crippen LogP contribution in [0.15, 0.2) is 18.2 Å². The van der Waals surface area contributed by atoms with E-state index in [4.69, 9.17) is 9.47 Å². The Balaban J connectivity index is 1.96. The highest BCUT2D eigenvalue weighted by Gasteiger charge is 2.11. The van der Waals surface area contributed by atoms with E-state index < -0.39 is 5.82 Å². The molecule has 1 aromatic heterocycles. The van der Waals surface area contributed by atoms with Crippen LogP contribution in [0.1, 0.15) is 12.2 Å². The molecule has 23 heavy (non-hydrogen) atoms. The second-order valence-corrected chi connectivity index (χ2v) is 4.71. The van der Waals surface area contributed by atoms with Crippen molar-refractivity contribution in [3.63, 3.8) is 0 Å². The summed E-state index contributed by atoms with van der Waals surface area (Å²) in [7, 11) is 1.58. The zero-order valence-corrected chi connectivity index (χ0v) is 13.0. The third-order valence-electron chi connectivity index (χ3n) is 2.99. The Labute approximate surface area is 132 Å². The summed E-state index contributed by atoms with van der Waals surface area (Å²) in [6.07, 6.45) is 0.195. The molecule has 0 saturated carbocycles. The average molecular weight is 323 g/mol. The van der Waals surface area contributed by atoms with Gasteiger partial charge >= 0.3 is 0 Å². The Morgan fingerprint density at radius 2 is 2.17 bits per heavy atom. The second-order valence-electron chi connectivity index (χ2n) is 4.71. The highest BCUT2D eigenvalue weighted by atomic mass is 19.1. The van der Waals surface area contributed by atoms with Crippen LogP contribution in [0.25, 0.3) is 5.69 Å². The minimum absolute atomic E-state index is 0.168. The van der Waals surface area contributed by atoms with E-state index in [9.17, 15) is 9.18 Å².